The number of nitrogens with one attached hydrogen (secondary N) is 1. The van der Waals surface area contributed by atoms with Gasteiger partial charge in [-0.15, -0.1) is 0 Å². The summed E-state index contributed by atoms with van der Waals surface area (Å²) in [6.07, 6.45) is 0.222. The van der Waals surface area contributed by atoms with Crippen molar-refractivity contribution in [3.63, 3.8) is 0 Å². The molecule has 0 fully saturated rings. The third-order valence-electron chi connectivity index (χ3n) is 3.24. The average Bonchev–Trinajstić information content (AvgIpc) is 3.00. The van der Waals surface area contributed by atoms with Crippen LogP contribution < -0.4 is 11.1 Å². The Labute approximate surface area is 131 Å². The van der Waals surface area contributed by atoms with E-state index in [-0.39, 0.29) is 12.8 Å². The highest BCUT2D eigenvalue weighted by Gasteiger charge is 2.27. The van der Waals surface area contributed by atoms with E-state index >= 15 is 0 Å². The van der Waals surface area contributed by atoms with Gasteiger partial charge in [-0.1, -0.05) is 12.1 Å². The molecular weight excluding hydrogens is 309 g/mol. The number of hydrogen-bond acceptors (Lipinski definition) is 3. The predicted molar refractivity (Wildman–Crippen MR) is 79.4 cm³/mol. The van der Waals surface area contributed by atoms with Gasteiger partial charge in [0.1, 0.15) is 17.3 Å². The van der Waals surface area contributed by atoms with Crippen LogP contribution >= 0.6 is 0 Å². The summed E-state index contributed by atoms with van der Waals surface area (Å²) in [6.45, 7) is -1.61. The first-order chi connectivity index (χ1) is 10.9. The maximum absolute atomic E-state index is 13.6. The Bertz CT molecular complexity index is 671. The molecule has 2 aromatic rings. The summed E-state index contributed by atoms with van der Waals surface area (Å²) in [5.41, 5.74) is 5.21. The highest BCUT2D eigenvalue weighted by atomic mass is 19.3. The quantitative estimate of drug-likeness (QED) is 0.822. The Balaban J connectivity index is 1.88. The molecule has 124 valence electrons. The molecule has 0 saturated heterocycles. The van der Waals surface area contributed by atoms with Gasteiger partial charge in [-0.05, 0) is 24.3 Å². The molecule has 1 heterocycles. The fraction of sp³-hybridized carbons (Fsp3) is 0.312. The number of amides is 1. The van der Waals surface area contributed by atoms with Gasteiger partial charge in [-0.2, -0.15) is 0 Å². The number of nitrogens with two attached hydrogens (primary N) is 1. The molecule has 2 rings (SSSR count). The first-order valence-electron chi connectivity index (χ1n) is 7.09. The molecule has 0 radical (unpaired) electrons. The number of alkyl halides is 2. The van der Waals surface area contributed by atoms with Gasteiger partial charge >= 0.3 is 0 Å². The van der Waals surface area contributed by atoms with Crippen LogP contribution in [-0.2, 0) is 11.2 Å². The van der Waals surface area contributed by atoms with Crippen LogP contribution in [0.25, 0.3) is 11.3 Å². The summed E-state index contributed by atoms with van der Waals surface area (Å²) >= 11 is 0. The Kier molecular flexibility index (Phi) is 5.44. The topological polar surface area (TPSA) is 68.3 Å². The van der Waals surface area contributed by atoms with Crippen molar-refractivity contribution >= 4 is 5.91 Å². The molecule has 1 aromatic heterocycles. The normalized spacial score (nSPS) is 11.5. The van der Waals surface area contributed by atoms with Crippen molar-refractivity contribution in [1.82, 2.24) is 5.32 Å². The minimum atomic E-state index is -3.11. The van der Waals surface area contributed by atoms with Crippen molar-refractivity contribution in [3.05, 3.63) is 48.0 Å². The molecular formula is C16H17F3N2O2. The molecule has 23 heavy (non-hydrogen) atoms. The lowest BCUT2D eigenvalue weighted by atomic mass is 10.1. The number of furan rings is 1. The Hall–Kier alpha value is -2.28. The van der Waals surface area contributed by atoms with Crippen LogP contribution in [0.15, 0.2) is 40.8 Å². The fourth-order valence-electron chi connectivity index (χ4n) is 1.94. The lowest BCUT2D eigenvalue weighted by Gasteiger charge is -2.14. The minimum Gasteiger partial charge on any atom is -0.461 e. The molecule has 4 nitrogen and oxygen atoms in total. The van der Waals surface area contributed by atoms with Crippen LogP contribution in [0.1, 0.15) is 12.2 Å². The van der Waals surface area contributed by atoms with Crippen molar-refractivity contribution in [1.29, 1.82) is 0 Å². The van der Waals surface area contributed by atoms with E-state index in [0.29, 0.717) is 17.1 Å². The van der Waals surface area contributed by atoms with Crippen LogP contribution in [0.4, 0.5) is 13.2 Å². The second-order valence-corrected chi connectivity index (χ2v) is 5.08. The van der Waals surface area contributed by atoms with E-state index in [1.807, 2.05) is 0 Å². The summed E-state index contributed by atoms with van der Waals surface area (Å²) in [5, 5.41) is 2.12. The van der Waals surface area contributed by atoms with Crippen molar-refractivity contribution < 1.29 is 22.4 Å². The van der Waals surface area contributed by atoms with E-state index in [2.05, 4.69) is 5.32 Å². The maximum atomic E-state index is 13.6. The van der Waals surface area contributed by atoms with Crippen molar-refractivity contribution in [2.24, 2.45) is 5.73 Å². The average molecular weight is 326 g/mol. The maximum Gasteiger partial charge on any atom is 0.277 e. The van der Waals surface area contributed by atoms with Crippen LogP contribution in [0, 0.1) is 5.82 Å². The predicted octanol–water partition coefficient (Wildman–Crippen LogP) is 2.73. The monoisotopic (exact) mass is 326 g/mol. The number of benzene rings is 1. The Morgan fingerprint density at radius 2 is 1.96 bits per heavy atom. The zero-order valence-corrected chi connectivity index (χ0v) is 12.3. The van der Waals surface area contributed by atoms with Gasteiger partial charge in [0.25, 0.3) is 5.92 Å². The van der Waals surface area contributed by atoms with Crippen molar-refractivity contribution in [2.75, 3.05) is 13.1 Å². The number of rotatable bonds is 7. The van der Waals surface area contributed by atoms with E-state index in [9.17, 15) is 18.0 Å². The molecule has 1 amide bonds. The van der Waals surface area contributed by atoms with Gasteiger partial charge in [0.05, 0.1) is 18.7 Å². The van der Waals surface area contributed by atoms with Gasteiger partial charge in [0.15, 0.2) is 0 Å². The molecule has 0 spiro atoms. The summed E-state index contributed by atoms with van der Waals surface area (Å²) in [6, 6.07) is 9.40. The Morgan fingerprint density at radius 1 is 1.22 bits per heavy atom. The largest absolute Gasteiger partial charge is 0.461 e. The minimum absolute atomic E-state index is 0.00905. The summed E-state index contributed by atoms with van der Waals surface area (Å²) in [5.74, 6) is -3.22. The highest BCUT2D eigenvalue weighted by molar-refractivity contribution is 5.76. The van der Waals surface area contributed by atoms with Gasteiger partial charge in [0.2, 0.25) is 5.91 Å². The third-order valence-corrected chi connectivity index (χ3v) is 3.24. The van der Waals surface area contributed by atoms with E-state index in [0.717, 1.165) is 0 Å². The third kappa shape index (κ3) is 4.85. The second-order valence-electron chi connectivity index (χ2n) is 5.08. The summed E-state index contributed by atoms with van der Waals surface area (Å²) in [7, 11) is 0. The van der Waals surface area contributed by atoms with Gasteiger partial charge in [-0.25, -0.2) is 13.2 Å². The molecule has 0 bridgehead atoms. The fourth-order valence-corrected chi connectivity index (χ4v) is 1.94. The van der Waals surface area contributed by atoms with E-state index in [1.165, 1.54) is 6.07 Å². The van der Waals surface area contributed by atoms with Crippen LogP contribution in [0.5, 0.6) is 0 Å². The van der Waals surface area contributed by atoms with Gasteiger partial charge < -0.3 is 15.5 Å². The molecule has 0 atom stereocenters. The van der Waals surface area contributed by atoms with E-state index in [4.69, 9.17) is 10.2 Å². The van der Waals surface area contributed by atoms with Crippen molar-refractivity contribution in [3.8, 4) is 11.3 Å². The molecule has 1 aromatic carbocycles. The zero-order chi connectivity index (χ0) is 16.9. The number of aryl methyl sites for hydroxylation is 1. The number of carbonyl (C=O) groups excluding carboxylic acids is 1. The molecule has 7 heteroatoms. The zero-order valence-electron chi connectivity index (χ0n) is 12.3. The Morgan fingerprint density at radius 3 is 2.65 bits per heavy atom. The van der Waals surface area contributed by atoms with Crippen LogP contribution in [0.3, 0.4) is 0 Å². The number of halogens is 3. The van der Waals surface area contributed by atoms with Gasteiger partial charge in [0, 0.05) is 12.8 Å². The van der Waals surface area contributed by atoms with E-state index < -0.39 is 30.7 Å². The molecule has 0 aliphatic carbocycles. The van der Waals surface area contributed by atoms with Crippen molar-refractivity contribution in [2.45, 2.75) is 18.8 Å². The lowest BCUT2D eigenvalue weighted by Crippen LogP contribution is -2.41. The van der Waals surface area contributed by atoms with Crippen LogP contribution in [0.2, 0.25) is 0 Å². The van der Waals surface area contributed by atoms with E-state index in [1.54, 1.807) is 30.3 Å². The number of carbonyl (C=O) groups is 1. The second kappa shape index (κ2) is 7.32. The van der Waals surface area contributed by atoms with Gasteiger partial charge in [-0.3, -0.25) is 4.79 Å². The molecule has 0 aliphatic heterocycles. The molecule has 0 saturated carbocycles. The first-order valence-corrected chi connectivity index (χ1v) is 7.09. The van der Waals surface area contributed by atoms with Crippen LogP contribution in [-0.4, -0.2) is 24.9 Å². The summed E-state index contributed by atoms with van der Waals surface area (Å²) in [4.78, 5) is 11.5. The molecule has 0 aliphatic rings. The summed E-state index contributed by atoms with van der Waals surface area (Å²) < 4.78 is 44.9. The smallest absolute Gasteiger partial charge is 0.277 e. The molecule has 3 N–H and O–H groups in total. The molecule has 0 unspecified atom stereocenters. The highest BCUT2D eigenvalue weighted by Crippen LogP contribution is 2.25. The standard InChI is InChI=1S/C16H17F3N2O2/c17-13-4-2-1-3-12(13)14-7-5-11(23-14)6-8-15(22)21-10-16(18,19)9-20/h1-5,7H,6,8-10,20H2,(H,21,22). The lowest BCUT2D eigenvalue weighted by molar-refractivity contribution is -0.122. The number of hydrogen-bond donors (Lipinski definition) is 2. The SMILES string of the molecule is NCC(F)(F)CNC(=O)CCc1ccc(-c2ccccc2F)o1. The first kappa shape index (κ1) is 17.1.